The first-order valence-corrected chi connectivity index (χ1v) is 7.82. The number of hydrogen-bond donors (Lipinski definition) is 0. The van der Waals surface area contributed by atoms with E-state index in [1.54, 1.807) is 0 Å². The number of rotatable bonds is 8. The van der Waals surface area contributed by atoms with Crippen LogP contribution < -0.4 is 0 Å². The van der Waals surface area contributed by atoms with E-state index in [9.17, 15) is 0 Å². The highest BCUT2D eigenvalue weighted by Gasteiger charge is 2.10. The molecule has 0 bridgehead atoms. The van der Waals surface area contributed by atoms with Crippen molar-refractivity contribution in [1.82, 2.24) is 0 Å². The van der Waals surface area contributed by atoms with Crippen LogP contribution in [0.15, 0.2) is 0 Å². The van der Waals surface area contributed by atoms with E-state index in [4.69, 9.17) is 22.4 Å². The van der Waals surface area contributed by atoms with Crippen molar-refractivity contribution in [2.75, 3.05) is 59.9 Å². The van der Waals surface area contributed by atoms with Crippen LogP contribution in [0.5, 0.6) is 0 Å². The minimum atomic E-state index is -3.92. The maximum Gasteiger partial charge on any atom is 0.102 e. The molecule has 18 heavy (non-hydrogen) atoms. The third-order valence-corrected chi connectivity index (χ3v) is 2.27. The van der Waals surface area contributed by atoms with Gasteiger partial charge >= 0.3 is 0 Å². The van der Waals surface area contributed by atoms with Crippen LogP contribution in [0.4, 0.5) is 0 Å². The van der Waals surface area contributed by atoms with Gasteiger partial charge in [-0.05, 0) is 13.8 Å². The van der Waals surface area contributed by atoms with Crippen molar-refractivity contribution in [3.8, 4) is 0 Å². The third-order valence-electron chi connectivity index (χ3n) is 2.27. The molecule has 0 radical (unpaired) electrons. The van der Waals surface area contributed by atoms with Gasteiger partial charge in [-0.25, -0.2) is 8.42 Å². The quantitative estimate of drug-likeness (QED) is 0.364. The topological polar surface area (TPSA) is 75.7 Å². The van der Waals surface area contributed by atoms with E-state index in [2.05, 4.69) is 21.0 Å². The highest BCUT2D eigenvalue weighted by atomic mass is 32.2. The summed E-state index contributed by atoms with van der Waals surface area (Å²) in [5, 5.41) is 0. The Morgan fingerprint density at radius 2 is 1.50 bits per heavy atom. The first-order valence-electron chi connectivity index (χ1n) is 6.00. The second-order valence-electron chi connectivity index (χ2n) is 4.49. The van der Waals surface area contributed by atoms with E-state index in [1.807, 2.05) is 6.92 Å². The lowest BCUT2D eigenvalue weighted by atomic mass is 10.4. The highest BCUT2D eigenvalue weighted by Crippen LogP contribution is 1.94. The molecule has 0 aliphatic rings. The molecule has 0 fully saturated rings. The smallest absolute Gasteiger partial charge is 0.102 e. The van der Waals surface area contributed by atoms with Crippen LogP contribution in [0.3, 0.4) is 0 Å². The van der Waals surface area contributed by atoms with E-state index in [-0.39, 0.29) is 0 Å². The zero-order valence-electron chi connectivity index (χ0n) is 12.1. The molecule has 0 atom stereocenters. The molecule has 0 aromatic carbocycles. The van der Waals surface area contributed by atoms with Gasteiger partial charge in [-0.1, -0.05) is 0 Å². The molecular formula is C11H27NO5S. The summed E-state index contributed by atoms with van der Waals surface area (Å²) in [6.07, 6.45) is 0.604. The van der Waals surface area contributed by atoms with Gasteiger partial charge in [0, 0.05) is 12.9 Å². The molecule has 7 heteroatoms. The summed E-state index contributed by atoms with van der Waals surface area (Å²) in [6, 6.07) is 0. The van der Waals surface area contributed by atoms with Gasteiger partial charge in [-0.2, -0.15) is 0 Å². The van der Waals surface area contributed by atoms with Crippen LogP contribution in [0.1, 0.15) is 13.8 Å². The Hall–Kier alpha value is -0.210. The minimum Gasteiger partial charge on any atom is -0.748 e. The van der Waals surface area contributed by atoms with Crippen LogP contribution in [0.25, 0.3) is 0 Å². The van der Waals surface area contributed by atoms with Crippen LogP contribution in [0.2, 0.25) is 0 Å². The van der Waals surface area contributed by atoms with Gasteiger partial charge in [0.15, 0.2) is 0 Å². The molecular weight excluding hydrogens is 258 g/mol. The van der Waals surface area contributed by atoms with E-state index in [0.29, 0.717) is 6.26 Å². The van der Waals surface area contributed by atoms with Gasteiger partial charge in [-0.3, -0.25) is 0 Å². The molecule has 0 N–H and O–H groups in total. The molecule has 0 saturated heterocycles. The van der Waals surface area contributed by atoms with Crippen LogP contribution in [0, 0.1) is 0 Å². The van der Waals surface area contributed by atoms with Gasteiger partial charge in [0.05, 0.1) is 50.6 Å². The van der Waals surface area contributed by atoms with Crippen molar-refractivity contribution < 1.29 is 26.9 Å². The zero-order chi connectivity index (χ0) is 14.7. The van der Waals surface area contributed by atoms with E-state index in [1.165, 1.54) is 0 Å². The second kappa shape index (κ2) is 10.7. The fraction of sp³-hybridized carbons (Fsp3) is 1.00. The monoisotopic (exact) mass is 285 g/mol. The molecule has 0 aliphatic heterocycles. The summed E-state index contributed by atoms with van der Waals surface area (Å²) in [4.78, 5) is 0. The summed E-state index contributed by atoms with van der Waals surface area (Å²) >= 11 is 0. The molecule has 6 nitrogen and oxygen atoms in total. The normalized spacial score (nSPS) is 11.9. The Morgan fingerprint density at radius 1 is 1.06 bits per heavy atom. The Bertz CT molecular complexity index is 269. The molecule has 0 rings (SSSR count). The van der Waals surface area contributed by atoms with E-state index < -0.39 is 10.1 Å². The lowest BCUT2D eigenvalue weighted by molar-refractivity contribution is -0.888. The average Bonchev–Trinajstić information content (AvgIpc) is 2.21. The molecule has 0 spiro atoms. The number of hydrogen-bond acceptors (Lipinski definition) is 5. The fourth-order valence-corrected chi connectivity index (χ4v) is 0.834. The fourth-order valence-electron chi connectivity index (χ4n) is 0.834. The summed E-state index contributed by atoms with van der Waals surface area (Å²) in [7, 11) is 0.512. The molecule has 0 aromatic rings. The highest BCUT2D eigenvalue weighted by molar-refractivity contribution is 7.84. The zero-order valence-corrected chi connectivity index (χ0v) is 13.0. The predicted octanol–water partition coefficient (Wildman–Crippen LogP) is 0.297. The number of ether oxygens (including phenoxy) is 2. The van der Waals surface area contributed by atoms with Gasteiger partial charge in [-0.15, -0.1) is 0 Å². The summed E-state index contributed by atoms with van der Waals surface area (Å²) in [5.74, 6) is 0. The third kappa shape index (κ3) is 24.8. The lowest BCUT2D eigenvalue weighted by Crippen LogP contribution is -2.42. The minimum absolute atomic E-state index is 0.604. The summed E-state index contributed by atoms with van der Waals surface area (Å²) in [6.45, 7) is 9.45. The molecule has 112 valence electrons. The Morgan fingerprint density at radius 3 is 1.89 bits per heavy atom. The SMILES string of the molecule is CCOCCOCC[N+](C)(C)CC.CS(=O)(=O)[O-]. The first kappa shape index (κ1) is 20.1. The molecule has 0 unspecified atom stereocenters. The molecule has 0 amide bonds. The van der Waals surface area contributed by atoms with Crippen molar-refractivity contribution in [1.29, 1.82) is 0 Å². The Labute approximate surface area is 111 Å². The largest absolute Gasteiger partial charge is 0.748 e. The predicted molar refractivity (Wildman–Crippen MR) is 70.4 cm³/mol. The van der Waals surface area contributed by atoms with Crippen LogP contribution >= 0.6 is 0 Å². The van der Waals surface area contributed by atoms with Crippen molar-refractivity contribution in [2.24, 2.45) is 0 Å². The number of nitrogens with zero attached hydrogens (tertiary/aromatic N) is 1. The number of likely N-dealkylation sites (N-methyl/N-ethyl adjacent to an activating group) is 1. The molecule has 0 heterocycles. The first-order chi connectivity index (χ1) is 8.12. The Kier molecular flexibility index (Phi) is 11.9. The Balaban J connectivity index is 0. The van der Waals surface area contributed by atoms with Gasteiger partial charge in [0.25, 0.3) is 0 Å². The number of quaternary nitrogens is 1. The lowest BCUT2D eigenvalue weighted by Gasteiger charge is -2.27. The summed E-state index contributed by atoms with van der Waals surface area (Å²) in [5.41, 5.74) is 0. The van der Waals surface area contributed by atoms with E-state index >= 15 is 0 Å². The van der Waals surface area contributed by atoms with Crippen molar-refractivity contribution >= 4 is 10.1 Å². The van der Waals surface area contributed by atoms with Crippen molar-refractivity contribution in [3.05, 3.63) is 0 Å². The van der Waals surface area contributed by atoms with Gasteiger partial charge < -0.3 is 18.5 Å². The maximum atomic E-state index is 9.08. The van der Waals surface area contributed by atoms with E-state index in [0.717, 1.165) is 44.0 Å². The molecule has 0 aromatic heterocycles. The van der Waals surface area contributed by atoms with Gasteiger partial charge in [0.2, 0.25) is 0 Å². The van der Waals surface area contributed by atoms with Crippen molar-refractivity contribution in [3.63, 3.8) is 0 Å². The van der Waals surface area contributed by atoms with Crippen LogP contribution in [-0.4, -0.2) is 77.3 Å². The maximum absolute atomic E-state index is 9.08. The molecule has 0 saturated carbocycles. The van der Waals surface area contributed by atoms with Crippen molar-refractivity contribution in [2.45, 2.75) is 13.8 Å². The molecule has 0 aliphatic carbocycles. The average molecular weight is 285 g/mol. The van der Waals surface area contributed by atoms with Gasteiger partial charge in [0.1, 0.15) is 6.54 Å². The standard InChI is InChI=1S/C10H24NO2.CH4O3S/c1-5-11(3,4)7-8-13-10-9-12-6-2;1-5(2,3)4/h5-10H2,1-4H3;1H3,(H,2,3,4)/q+1;/p-1. The second-order valence-corrected chi connectivity index (χ2v) is 5.90. The van der Waals surface area contributed by atoms with Crippen LogP contribution in [-0.2, 0) is 19.6 Å². The summed E-state index contributed by atoms with van der Waals surface area (Å²) < 4.78 is 38.8.